The van der Waals surface area contributed by atoms with Gasteiger partial charge in [0, 0.05) is 6.20 Å². The van der Waals surface area contributed by atoms with Gasteiger partial charge in [-0.15, -0.1) is 0 Å². The Morgan fingerprint density at radius 2 is 2.21 bits per heavy atom. The first-order chi connectivity index (χ1) is 13.8. The van der Waals surface area contributed by atoms with Crippen molar-refractivity contribution in [2.24, 2.45) is 5.73 Å². The van der Waals surface area contributed by atoms with E-state index in [2.05, 4.69) is 9.97 Å². The lowest BCUT2D eigenvalue weighted by molar-refractivity contribution is -0.143. The van der Waals surface area contributed by atoms with Crippen LogP contribution in [-0.2, 0) is 16.7 Å². The monoisotopic (exact) mass is 396 g/mol. The number of aromatic carboxylic acids is 1. The second kappa shape index (κ2) is 7.12. The summed E-state index contributed by atoms with van der Waals surface area (Å²) in [6, 6.07) is 3.28. The molecule has 0 spiro atoms. The highest BCUT2D eigenvalue weighted by molar-refractivity contribution is 6.44. The summed E-state index contributed by atoms with van der Waals surface area (Å²) in [6.07, 6.45) is 3.22. The Hall–Kier alpha value is -2.98. The maximum absolute atomic E-state index is 12.6. The zero-order valence-electron chi connectivity index (χ0n) is 15.4. The number of fused-ring (bicyclic) bond motifs is 1. The van der Waals surface area contributed by atoms with Crippen molar-refractivity contribution in [3.05, 3.63) is 41.5 Å². The molecule has 3 heterocycles. The summed E-state index contributed by atoms with van der Waals surface area (Å²) in [7, 11) is 4.89. The molecule has 1 fully saturated rings. The van der Waals surface area contributed by atoms with Gasteiger partial charge in [-0.05, 0) is 24.4 Å². The van der Waals surface area contributed by atoms with Crippen LogP contribution in [0.1, 0.15) is 21.6 Å². The number of aromatic amines is 1. The van der Waals surface area contributed by atoms with Gasteiger partial charge < -0.3 is 35.1 Å². The highest BCUT2D eigenvalue weighted by Crippen LogP contribution is 2.37. The minimum Gasteiger partial charge on any atom is -0.535 e. The summed E-state index contributed by atoms with van der Waals surface area (Å²) in [5.41, 5.74) is 5.03. The first-order valence-corrected chi connectivity index (χ1v) is 9.04. The Morgan fingerprint density at radius 1 is 1.45 bits per heavy atom. The molecule has 12 heteroatoms. The number of nitrogens with one attached hydrogen (secondary N) is 1. The summed E-state index contributed by atoms with van der Waals surface area (Å²) in [6.45, 7) is 0.394. The van der Waals surface area contributed by atoms with Crippen molar-refractivity contribution in [2.45, 2.75) is 24.3 Å². The molecular formula is C17H18B2N4O6. The van der Waals surface area contributed by atoms with Gasteiger partial charge >= 0.3 is 13.1 Å². The first kappa shape index (κ1) is 19.3. The molecule has 2 aliphatic rings. The summed E-state index contributed by atoms with van der Waals surface area (Å²) in [5.74, 6) is -1.50. The predicted octanol–water partition coefficient (Wildman–Crippen LogP) is -0.907. The zero-order valence-corrected chi connectivity index (χ0v) is 15.4. The molecule has 1 aromatic heterocycles. The largest absolute Gasteiger partial charge is 0.535 e. The third-order valence-corrected chi connectivity index (χ3v) is 5.06. The van der Waals surface area contributed by atoms with Crippen LogP contribution < -0.4 is 15.1 Å². The molecule has 0 bridgehead atoms. The van der Waals surface area contributed by atoms with Crippen molar-refractivity contribution in [2.75, 3.05) is 13.1 Å². The number of rotatable bonds is 5. The summed E-state index contributed by atoms with van der Waals surface area (Å²) < 4.78 is 11.1. The SMILES string of the molecule is [B]C(N)(C(=O)N1CC(Oc2ccc3c(c2C(=O)O)OB(O)CC3)C1)c1cnc[nH]1. The van der Waals surface area contributed by atoms with Gasteiger partial charge in [0.05, 0.1) is 30.5 Å². The Balaban J connectivity index is 1.46. The number of hydrogen-bond donors (Lipinski definition) is 4. The molecule has 1 aromatic carbocycles. The fraction of sp³-hybridized carbons (Fsp3) is 0.353. The maximum Gasteiger partial charge on any atom is 0.522 e. The van der Waals surface area contributed by atoms with Crippen LogP contribution in [0.15, 0.2) is 24.7 Å². The standard InChI is InChI=1S/C17H18B2N4O6/c18-17(20,12-5-21-8-22-12)16(26)23-6-10(7-23)28-11-2-1-9-3-4-19(27)29-14(9)13(11)15(24)25/h1-2,5,8,10,27H,3-4,6-7,20H2,(H,21,22)(H,24,25). The van der Waals surface area contributed by atoms with Crippen LogP contribution in [0, 0.1) is 0 Å². The van der Waals surface area contributed by atoms with Crippen LogP contribution in [0.5, 0.6) is 11.5 Å². The number of H-pyrrole nitrogens is 1. The molecule has 29 heavy (non-hydrogen) atoms. The average molecular weight is 396 g/mol. The highest BCUT2D eigenvalue weighted by atomic mass is 16.5. The minimum absolute atomic E-state index is 0.114. The molecule has 1 amide bonds. The number of benzene rings is 1. The minimum atomic E-state index is -1.75. The lowest BCUT2D eigenvalue weighted by Gasteiger charge is -2.42. The topological polar surface area (TPSA) is 151 Å². The van der Waals surface area contributed by atoms with Crippen molar-refractivity contribution in [3.63, 3.8) is 0 Å². The van der Waals surface area contributed by atoms with Crippen LogP contribution >= 0.6 is 0 Å². The number of nitrogens with two attached hydrogens (primary N) is 1. The number of ether oxygens (including phenoxy) is 1. The van der Waals surface area contributed by atoms with Gasteiger partial charge in [0.2, 0.25) is 5.91 Å². The third kappa shape index (κ3) is 3.45. The number of carbonyl (C=O) groups excluding carboxylic acids is 1. The zero-order chi connectivity index (χ0) is 20.8. The number of likely N-dealkylation sites (tertiary alicyclic amines) is 1. The molecule has 5 N–H and O–H groups in total. The van der Waals surface area contributed by atoms with Crippen molar-refractivity contribution in [1.29, 1.82) is 0 Å². The van der Waals surface area contributed by atoms with Gasteiger partial charge in [0.25, 0.3) is 0 Å². The molecule has 1 atom stereocenters. The second-order valence-electron chi connectivity index (χ2n) is 7.13. The fourth-order valence-corrected chi connectivity index (χ4v) is 3.43. The summed E-state index contributed by atoms with van der Waals surface area (Å²) in [4.78, 5) is 32.3. The first-order valence-electron chi connectivity index (χ1n) is 9.04. The lowest BCUT2D eigenvalue weighted by atomic mass is 9.74. The Bertz CT molecular complexity index is 946. The van der Waals surface area contributed by atoms with Crippen molar-refractivity contribution in [1.82, 2.24) is 14.9 Å². The Labute approximate surface area is 167 Å². The second-order valence-corrected chi connectivity index (χ2v) is 7.13. The number of aryl methyl sites for hydroxylation is 1. The molecule has 10 nitrogen and oxygen atoms in total. The van der Waals surface area contributed by atoms with Gasteiger partial charge in [0.15, 0.2) is 0 Å². The number of nitrogens with zero attached hydrogens (tertiary/aromatic N) is 2. The number of aromatic nitrogens is 2. The summed E-state index contributed by atoms with van der Waals surface area (Å²) in [5, 5.41) is 19.3. The van der Waals surface area contributed by atoms with E-state index in [-0.39, 0.29) is 35.8 Å². The van der Waals surface area contributed by atoms with Gasteiger partial charge in [0.1, 0.15) is 31.0 Å². The third-order valence-electron chi connectivity index (χ3n) is 5.06. The van der Waals surface area contributed by atoms with Crippen LogP contribution in [0.25, 0.3) is 0 Å². The molecule has 0 saturated carbocycles. The predicted molar refractivity (Wildman–Crippen MR) is 102 cm³/mol. The smallest absolute Gasteiger partial charge is 0.522 e. The van der Waals surface area contributed by atoms with Crippen LogP contribution in [-0.4, -0.2) is 71.0 Å². The van der Waals surface area contributed by atoms with Gasteiger partial charge in [-0.2, -0.15) is 0 Å². The number of carboxylic acids is 1. The Morgan fingerprint density at radius 3 is 2.86 bits per heavy atom. The molecular weight excluding hydrogens is 378 g/mol. The van der Waals surface area contributed by atoms with E-state index in [9.17, 15) is 19.7 Å². The molecule has 4 rings (SSSR count). The average Bonchev–Trinajstić information content (AvgIpc) is 3.18. The summed E-state index contributed by atoms with van der Waals surface area (Å²) >= 11 is 0. The number of carboxylic acid groups (broad SMARTS) is 1. The molecule has 2 aromatic rings. The normalized spacial score (nSPS) is 18.3. The van der Waals surface area contributed by atoms with Crippen LogP contribution in [0.4, 0.5) is 0 Å². The molecule has 1 saturated heterocycles. The van der Waals surface area contributed by atoms with E-state index >= 15 is 0 Å². The quantitative estimate of drug-likeness (QED) is 0.475. The number of imidazole rings is 1. The Kier molecular flexibility index (Phi) is 4.75. The van der Waals surface area contributed by atoms with E-state index in [1.165, 1.54) is 17.4 Å². The van der Waals surface area contributed by atoms with Crippen molar-refractivity contribution >= 4 is 26.8 Å². The van der Waals surface area contributed by atoms with E-state index < -0.39 is 30.5 Å². The fourth-order valence-electron chi connectivity index (χ4n) is 3.43. The highest BCUT2D eigenvalue weighted by Gasteiger charge is 2.42. The van der Waals surface area contributed by atoms with Gasteiger partial charge in [-0.1, -0.05) is 6.07 Å². The molecule has 148 valence electrons. The molecule has 1 unspecified atom stereocenters. The number of carbonyl (C=O) groups is 2. The molecule has 2 aliphatic heterocycles. The maximum atomic E-state index is 12.6. The number of amides is 1. The van der Waals surface area contributed by atoms with Crippen LogP contribution in [0.2, 0.25) is 6.32 Å². The van der Waals surface area contributed by atoms with E-state index in [4.69, 9.17) is 23.0 Å². The van der Waals surface area contributed by atoms with Crippen LogP contribution in [0.3, 0.4) is 0 Å². The van der Waals surface area contributed by atoms with E-state index in [1.807, 2.05) is 0 Å². The van der Waals surface area contributed by atoms with Gasteiger partial charge in [-0.25, -0.2) is 9.78 Å². The van der Waals surface area contributed by atoms with E-state index in [1.54, 1.807) is 12.1 Å². The molecule has 2 radical (unpaired) electrons. The molecule has 0 aliphatic carbocycles. The number of hydrogen-bond acceptors (Lipinski definition) is 7. The van der Waals surface area contributed by atoms with Crippen molar-refractivity contribution < 1.29 is 29.1 Å². The van der Waals surface area contributed by atoms with Gasteiger partial charge in [-0.3, -0.25) is 4.79 Å². The van der Waals surface area contributed by atoms with E-state index in [0.717, 1.165) is 0 Å². The lowest BCUT2D eigenvalue weighted by Crippen LogP contribution is -2.63. The van der Waals surface area contributed by atoms with Crippen molar-refractivity contribution in [3.8, 4) is 11.5 Å². The van der Waals surface area contributed by atoms with E-state index in [0.29, 0.717) is 18.3 Å².